The molecule has 1 aliphatic rings. The van der Waals surface area contributed by atoms with Gasteiger partial charge in [-0.3, -0.25) is 9.59 Å². The molecule has 2 aromatic rings. The Morgan fingerprint density at radius 1 is 0.800 bits per heavy atom. The van der Waals surface area contributed by atoms with Crippen LogP contribution >= 0.6 is 0 Å². The summed E-state index contributed by atoms with van der Waals surface area (Å²) in [5, 5.41) is 28.6. The molecule has 2 aromatic carbocycles. The fourth-order valence-corrected chi connectivity index (χ4v) is 3.71. The van der Waals surface area contributed by atoms with Gasteiger partial charge in [0.15, 0.2) is 0 Å². The number of rotatable bonds is 4. The molecular formula is C19H18O6. The van der Waals surface area contributed by atoms with Crippen LogP contribution in [0.3, 0.4) is 0 Å². The number of phenols is 2. The zero-order valence-electron chi connectivity index (χ0n) is 13.5. The van der Waals surface area contributed by atoms with E-state index >= 15 is 0 Å². The number of carbonyl (C=O) groups is 2. The minimum Gasteiger partial charge on any atom is -0.508 e. The molecule has 1 saturated carbocycles. The van der Waals surface area contributed by atoms with Crippen LogP contribution in [0, 0.1) is 11.8 Å². The zero-order chi connectivity index (χ0) is 18.1. The SMILES string of the molecule is COC(=O)C1[C@H](c2ccc(O)cc2)C(C(=O)O)[C@@H]1c1ccc(O)cc1. The minimum absolute atomic E-state index is 0.0691. The predicted molar refractivity (Wildman–Crippen MR) is 88.3 cm³/mol. The van der Waals surface area contributed by atoms with Gasteiger partial charge in [-0.25, -0.2) is 0 Å². The van der Waals surface area contributed by atoms with Gasteiger partial charge in [-0.2, -0.15) is 0 Å². The minimum atomic E-state index is -1.00. The number of benzene rings is 2. The predicted octanol–water partition coefficient (Wildman–Crippen LogP) is 2.47. The number of aliphatic carboxylic acids is 1. The van der Waals surface area contributed by atoms with Gasteiger partial charge in [0, 0.05) is 11.8 Å². The maximum absolute atomic E-state index is 12.3. The summed E-state index contributed by atoms with van der Waals surface area (Å²) < 4.78 is 4.90. The molecule has 2 unspecified atom stereocenters. The van der Waals surface area contributed by atoms with E-state index in [0.717, 1.165) is 0 Å². The van der Waals surface area contributed by atoms with Crippen LogP contribution in [-0.2, 0) is 14.3 Å². The smallest absolute Gasteiger partial charge is 0.309 e. The molecule has 25 heavy (non-hydrogen) atoms. The number of hydrogen-bond donors (Lipinski definition) is 3. The lowest BCUT2D eigenvalue weighted by atomic mass is 9.52. The Balaban J connectivity index is 2.04. The van der Waals surface area contributed by atoms with E-state index in [1.54, 1.807) is 24.3 Å². The highest BCUT2D eigenvalue weighted by molar-refractivity contribution is 5.84. The molecule has 6 nitrogen and oxygen atoms in total. The number of aromatic hydroxyl groups is 2. The molecule has 0 radical (unpaired) electrons. The summed E-state index contributed by atoms with van der Waals surface area (Å²) in [4.78, 5) is 24.2. The van der Waals surface area contributed by atoms with Crippen molar-refractivity contribution in [3.8, 4) is 11.5 Å². The highest BCUT2D eigenvalue weighted by atomic mass is 16.5. The quantitative estimate of drug-likeness (QED) is 0.738. The van der Waals surface area contributed by atoms with Crippen LogP contribution in [0.15, 0.2) is 48.5 Å². The van der Waals surface area contributed by atoms with E-state index < -0.39 is 35.6 Å². The Morgan fingerprint density at radius 2 is 1.20 bits per heavy atom. The molecule has 6 heteroatoms. The van der Waals surface area contributed by atoms with Gasteiger partial charge in [0.25, 0.3) is 0 Å². The van der Waals surface area contributed by atoms with Crippen LogP contribution in [0.2, 0.25) is 0 Å². The van der Waals surface area contributed by atoms with Gasteiger partial charge in [0.05, 0.1) is 18.9 Å². The Morgan fingerprint density at radius 3 is 1.52 bits per heavy atom. The number of phenolic OH excluding ortho intramolecular Hbond substituents is 2. The monoisotopic (exact) mass is 342 g/mol. The number of esters is 1. The maximum atomic E-state index is 12.3. The lowest BCUT2D eigenvalue weighted by molar-refractivity contribution is -0.162. The summed E-state index contributed by atoms with van der Waals surface area (Å²) in [5.41, 5.74) is 1.33. The summed E-state index contributed by atoms with van der Waals surface area (Å²) in [5.74, 6) is -3.91. The Kier molecular flexibility index (Phi) is 4.35. The molecule has 0 spiro atoms. The molecule has 0 amide bonds. The second kappa shape index (κ2) is 6.47. The van der Waals surface area contributed by atoms with Crippen LogP contribution < -0.4 is 0 Å². The van der Waals surface area contributed by atoms with Gasteiger partial charge in [0.1, 0.15) is 11.5 Å². The molecule has 3 rings (SSSR count). The van der Waals surface area contributed by atoms with E-state index in [2.05, 4.69) is 0 Å². The molecule has 130 valence electrons. The van der Waals surface area contributed by atoms with Crippen LogP contribution in [0.5, 0.6) is 11.5 Å². The van der Waals surface area contributed by atoms with Crippen molar-refractivity contribution >= 4 is 11.9 Å². The number of carbonyl (C=O) groups excluding carboxylic acids is 1. The first-order valence-corrected chi connectivity index (χ1v) is 7.82. The topological polar surface area (TPSA) is 104 Å². The van der Waals surface area contributed by atoms with Crippen LogP contribution in [-0.4, -0.2) is 34.4 Å². The lowest BCUT2D eigenvalue weighted by Gasteiger charge is -2.48. The van der Waals surface area contributed by atoms with Gasteiger partial charge in [-0.1, -0.05) is 24.3 Å². The molecule has 0 saturated heterocycles. The molecule has 0 bridgehead atoms. The maximum Gasteiger partial charge on any atom is 0.309 e. The third-order valence-corrected chi connectivity index (χ3v) is 4.86. The van der Waals surface area contributed by atoms with Crippen molar-refractivity contribution in [3.63, 3.8) is 0 Å². The number of carboxylic acids is 1. The molecule has 0 aromatic heterocycles. The molecule has 1 aliphatic carbocycles. The molecule has 1 fully saturated rings. The van der Waals surface area contributed by atoms with E-state index in [4.69, 9.17) is 4.74 Å². The molecule has 3 N–H and O–H groups in total. The van der Waals surface area contributed by atoms with Gasteiger partial charge in [-0.15, -0.1) is 0 Å². The van der Waals surface area contributed by atoms with Crippen molar-refractivity contribution in [2.24, 2.45) is 11.8 Å². The average molecular weight is 342 g/mol. The largest absolute Gasteiger partial charge is 0.508 e. The fourth-order valence-electron chi connectivity index (χ4n) is 3.71. The van der Waals surface area contributed by atoms with Crippen molar-refractivity contribution in [2.45, 2.75) is 11.8 Å². The van der Waals surface area contributed by atoms with Crippen LogP contribution in [0.25, 0.3) is 0 Å². The molecular weight excluding hydrogens is 324 g/mol. The normalized spacial score (nSPS) is 25.0. The van der Waals surface area contributed by atoms with E-state index in [-0.39, 0.29) is 11.5 Å². The number of methoxy groups -OCH3 is 1. The second-order valence-electron chi connectivity index (χ2n) is 6.15. The highest BCUT2D eigenvalue weighted by Gasteiger charge is 2.58. The molecule has 0 heterocycles. The van der Waals surface area contributed by atoms with Gasteiger partial charge < -0.3 is 20.1 Å². The third-order valence-electron chi connectivity index (χ3n) is 4.86. The summed E-state index contributed by atoms with van der Waals surface area (Å²) >= 11 is 0. The first kappa shape index (κ1) is 16.8. The summed E-state index contributed by atoms with van der Waals surface area (Å²) in [7, 11) is 1.28. The van der Waals surface area contributed by atoms with E-state index in [1.807, 2.05) is 0 Å². The Bertz CT molecular complexity index is 727. The van der Waals surface area contributed by atoms with Crippen molar-refractivity contribution in [1.82, 2.24) is 0 Å². The second-order valence-corrected chi connectivity index (χ2v) is 6.15. The standard InChI is InChI=1S/C19H18O6/c1-25-19(24)17-14(10-2-6-12(20)7-3-10)16(18(22)23)15(17)11-4-8-13(21)9-5-11/h2-9,14-17,20-21H,1H3,(H,22,23)/t14-,15+,16?,17?. The summed E-state index contributed by atoms with van der Waals surface area (Å²) in [6.07, 6.45) is 0. The van der Waals surface area contributed by atoms with E-state index in [9.17, 15) is 24.9 Å². The first-order chi connectivity index (χ1) is 11.9. The average Bonchev–Trinajstić information content (AvgIpc) is 2.57. The number of carboxylic acid groups (broad SMARTS) is 1. The van der Waals surface area contributed by atoms with Crippen molar-refractivity contribution < 1.29 is 29.6 Å². The fraction of sp³-hybridized carbons (Fsp3) is 0.263. The zero-order valence-corrected chi connectivity index (χ0v) is 13.5. The molecule has 0 aliphatic heterocycles. The Hall–Kier alpha value is -3.02. The van der Waals surface area contributed by atoms with E-state index in [1.165, 1.54) is 31.4 Å². The van der Waals surface area contributed by atoms with Gasteiger partial charge in [0.2, 0.25) is 0 Å². The highest BCUT2D eigenvalue weighted by Crippen LogP contribution is 2.58. The summed E-state index contributed by atoms with van der Waals surface area (Å²) in [6.45, 7) is 0. The van der Waals surface area contributed by atoms with Gasteiger partial charge >= 0.3 is 11.9 Å². The number of hydrogen-bond acceptors (Lipinski definition) is 5. The molecule has 4 atom stereocenters. The third kappa shape index (κ3) is 2.91. The number of ether oxygens (including phenoxy) is 1. The van der Waals surface area contributed by atoms with Gasteiger partial charge in [-0.05, 0) is 35.4 Å². The van der Waals surface area contributed by atoms with Crippen molar-refractivity contribution in [1.29, 1.82) is 0 Å². The van der Waals surface area contributed by atoms with Crippen LogP contribution in [0.4, 0.5) is 0 Å². The van der Waals surface area contributed by atoms with E-state index in [0.29, 0.717) is 11.1 Å². The van der Waals surface area contributed by atoms with Crippen molar-refractivity contribution in [2.75, 3.05) is 7.11 Å². The van der Waals surface area contributed by atoms with Crippen LogP contribution in [0.1, 0.15) is 23.0 Å². The first-order valence-electron chi connectivity index (χ1n) is 7.82. The summed E-state index contributed by atoms with van der Waals surface area (Å²) in [6, 6.07) is 12.4. The Labute approximate surface area is 144 Å². The van der Waals surface area contributed by atoms with Crippen molar-refractivity contribution in [3.05, 3.63) is 59.7 Å². The lowest BCUT2D eigenvalue weighted by Crippen LogP contribution is -2.51.